The monoisotopic (exact) mass is 340 g/mol. The Hall–Kier alpha value is -2.04. The van der Waals surface area contributed by atoms with Crippen LogP contribution in [0.25, 0.3) is 0 Å². The molecule has 134 valence electrons. The maximum atomic E-state index is 6.03. The molecule has 1 heterocycles. The number of likely N-dealkylation sites (N-methyl/N-ethyl adjacent to an activating group) is 1. The molecule has 1 aliphatic rings. The summed E-state index contributed by atoms with van der Waals surface area (Å²) in [4.78, 5) is 2.51. The van der Waals surface area contributed by atoms with E-state index < -0.39 is 0 Å². The number of ether oxygens (including phenoxy) is 2. The van der Waals surface area contributed by atoms with Crippen LogP contribution in [0.3, 0.4) is 0 Å². The first-order valence-corrected chi connectivity index (χ1v) is 9.01. The number of hydrogen-bond acceptors (Lipinski definition) is 4. The summed E-state index contributed by atoms with van der Waals surface area (Å²) in [6, 6.07) is 17.1. The molecule has 0 aliphatic carbocycles. The van der Waals surface area contributed by atoms with Gasteiger partial charge in [0, 0.05) is 19.1 Å². The van der Waals surface area contributed by atoms with E-state index in [0.717, 1.165) is 36.7 Å². The van der Waals surface area contributed by atoms with Gasteiger partial charge in [-0.05, 0) is 49.7 Å². The van der Waals surface area contributed by atoms with Crippen LogP contribution in [0.5, 0.6) is 11.5 Å². The van der Waals surface area contributed by atoms with Gasteiger partial charge < -0.3 is 14.8 Å². The smallest absolute Gasteiger partial charge is 0.161 e. The first-order chi connectivity index (χ1) is 12.3. The molecule has 0 spiro atoms. The SMILES string of the molecule is CNC1CCCN(Cc2ccc(OC)c(OCc3ccccc3)c2)C1. The van der Waals surface area contributed by atoms with Gasteiger partial charge in [0.05, 0.1) is 7.11 Å². The molecule has 0 bridgehead atoms. The number of piperidine rings is 1. The topological polar surface area (TPSA) is 33.7 Å². The predicted octanol–water partition coefficient (Wildman–Crippen LogP) is 3.46. The zero-order valence-corrected chi connectivity index (χ0v) is 15.2. The summed E-state index contributed by atoms with van der Waals surface area (Å²) in [5.74, 6) is 1.59. The van der Waals surface area contributed by atoms with Crippen LogP contribution in [0, 0.1) is 0 Å². The largest absolute Gasteiger partial charge is 0.493 e. The number of benzene rings is 2. The molecule has 1 saturated heterocycles. The van der Waals surface area contributed by atoms with Crippen LogP contribution < -0.4 is 14.8 Å². The molecule has 0 radical (unpaired) electrons. The van der Waals surface area contributed by atoms with Crippen molar-refractivity contribution in [2.24, 2.45) is 0 Å². The molecule has 3 rings (SSSR count). The second-order valence-electron chi connectivity index (χ2n) is 6.62. The van der Waals surface area contributed by atoms with Crippen molar-refractivity contribution < 1.29 is 9.47 Å². The average molecular weight is 340 g/mol. The molecule has 1 fully saturated rings. The third-order valence-corrected chi connectivity index (χ3v) is 4.79. The number of likely N-dealkylation sites (tertiary alicyclic amines) is 1. The van der Waals surface area contributed by atoms with Gasteiger partial charge in [-0.1, -0.05) is 36.4 Å². The molecular weight excluding hydrogens is 312 g/mol. The van der Waals surface area contributed by atoms with E-state index in [1.807, 2.05) is 24.3 Å². The predicted molar refractivity (Wildman–Crippen MR) is 101 cm³/mol. The van der Waals surface area contributed by atoms with Gasteiger partial charge >= 0.3 is 0 Å². The fraction of sp³-hybridized carbons (Fsp3) is 0.429. The number of nitrogens with zero attached hydrogens (tertiary/aromatic N) is 1. The molecule has 2 aromatic rings. The van der Waals surface area contributed by atoms with E-state index in [1.165, 1.54) is 18.4 Å². The molecule has 0 amide bonds. The van der Waals surface area contributed by atoms with E-state index in [-0.39, 0.29) is 0 Å². The first-order valence-electron chi connectivity index (χ1n) is 9.01. The third kappa shape index (κ3) is 4.97. The number of rotatable bonds is 7. The van der Waals surface area contributed by atoms with Crippen LogP contribution >= 0.6 is 0 Å². The molecule has 4 heteroatoms. The Bertz CT molecular complexity index is 660. The molecule has 1 atom stereocenters. The second kappa shape index (κ2) is 8.88. The van der Waals surface area contributed by atoms with Gasteiger partial charge in [0.25, 0.3) is 0 Å². The minimum absolute atomic E-state index is 0.548. The number of nitrogens with one attached hydrogen (secondary N) is 1. The lowest BCUT2D eigenvalue weighted by Gasteiger charge is -2.32. The first kappa shape index (κ1) is 17.8. The highest BCUT2D eigenvalue weighted by molar-refractivity contribution is 5.43. The standard InChI is InChI=1S/C21H28N2O2/c1-22-19-9-6-12-23(15-19)14-18-10-11-20(24-2)21(13-18)25-16-17-7-4-3-5-8-17/h3-5,7-8,10-11,13,19,22H,6,9,12,14-16H2,1-2H3. The van der Waals surface area contributed by atoms with Crippen LogP contribution in [-0.2, 0) is 13.2 Å². The van der Waals surface area contributed by atoms with E-state index in [4.69, 9.17) is 9.47 Å². The molecule has 1 unspecified atom stereocenters. The molecular formula is C21H28N2O2. The minimum atomic E-state index is 0.548. The minimum Gasteiger partial charge on any atom is -0.493 e. The summed E-state index contributed by atoms with van der Waals surface area (Å²) in [7, 11) is 3.74. The fourth-order valence-corrected chi connectivity index (χ4v) is 3.36. The quantitative estimate of drug-likeness (QED) is 0.837. The van der Waals surface area contributed by atoms with Crippen molar-refractivity contribution in [3.8, 4) is 11.5 Å². The van der Waals surface area contributed by atoms with Crippen molar-refractivity contribution in [1.82, 2.24) is 10.2 Å². The van der Waals surface area contributed by atoms with Gasteiger partial charge in [-0.15, -0.1) is 0 Å². The van der Waals surface area contributed by atoms with E-state index in [9.17, 15) is 0 Å². The van der Waals surface area contributed by atoms with Crippen LogP contribution in [0.2, 0.25) is 0 Å². The Morgan fingerprint density at radius 2 is 1.92 bits per heavy atom. The van der Waals surface area contributed by atoms with E-state index >= 15 is 0 Å². The molecule has 25 heavy (non-hydrogen) atoms. The fourth-order valence-electron chi connectivity index (χ4n) is 3.36. The van der Waals surface area contributed by atoms with Crippen molar-refractivity contribution >= 4 is 0 Å². The van der Waals surface area contributed by atoms with Crippen molar-refractivity contribution in [3.63, 3.8) is 0 Å². The second-order valence-corrected chi connectivity index (χ2v) is 6.62. The highest BCUT2D eigenvalue weighted by atomic mass is 16.5. The van der Waals surface area contributed by atoms with E-state index in [0.29, 0.717) is 12.6 Å². The molecule has 4 nitrogen and oxygen atoms in total. The zero-order valence-electron chi connectivity index (χ0n) is 15.2. The van der Waals surface area contributed by atoms with Crippen molar-refractivity contribution in [2.45, 2.75) is 32.0 Å². The summed E-state index contributed by atoms with van der Waals surface area (Å²) in [5.41, 5.74) is 2.42. The Kier molecular flexibility index (Phi) is 6.31. The summed E-state index contributed by atoms with van der Waals surface area (Å²) in [5, 5.41) is 3.40. The van der Waals surface area contributed by atoms with E-state index in [2.05, 4.69) is 41.5 Å². The summed E-state index contributed by atoms with van der Waals surface area (Å²) in [6.07, 6.45) is 2.51. The normalized spacial score (nSPS) is 18.1. The number of methoxy groups -OCH3 is 1. The van der Waals surface area contributed by atoms with Gasteiger partial charge in [0.15, 0.2) is 11.5 Å². The zero-order chi connectivity index (χ0) is 17.5. The lowest BCUT2D eigenvalue weighted by atomic mass is 10.0. The van der Waals surface area contributed by atoms with E-state index in [1.54, 1.807) is 7.11 Å². The van der Waals surface area contributed by atoms with Gasteiger partial charge in [-0.25, -0.2) is 0 Å². The molecule has 1 N–H and O–H groups in total. The number of hydrogen-bond donors (Lipinski definition) is 1. The molecule has 1 aliphatic heterocycles. The summed E-state index contributed by atoms with van der Waals surface area (Å²) >= 11 is 0. The highest BCUT2D eigenvalue weighted by Crippen LogP contribution is 2.29. The van der Waals surface area contributed by atoms with Gasteiger partial charge in [-0.2, -0.15) is 0 Å². The molecule has 2 aromatic carbocycles. The van der Waals surface area contributed by atoms with Crippen molar-refractivity contribution in [1.29, 1.82) is 0 Å². The maximum Gasteiger partial charge on any atom is 0.161 e. The van der Waals surface area contributed by atoms with Gasteiger partial charge in [-0.3, -0.25) is 4.90 Å². The van der Waals surface area contributed by atoms with Crippen LogP contribution in [0.4, 0.5) is 0 Å². The Balaban J connectivity index is 1.66. The van der Waals surface area contributed by atoms with Crippen molar-refractivity contribution in [2.75, 3.05) is 27.2 Å². The van der Waals surface area contributed by atoms with Crippen molar-refractivity contribution in [3.05, 3.63) is 59.7 Å². The van der Waals surface area contributed by atoms with Crippen LogP contribution in [-0.4, -0.2) is 38.2 Å². The lowest BCUT2D eigenvalue weighted by Crippen LogP contribution is -2.43. The average Bonchev–Trinajstić information content (AvgIpc) is 2.67. The van der Waals surface area contributed by atoms with Crippen LogP contribution in [0.15, 0.2) is 48.5 Å². The van der Waals surface area contributed by atoms with Gasteiger partial charge in [0.2, 0.25) is 0 Å². The Morgan fingerprint density at radius 3 is 2.68 bits per heavy atom. The highest BCUT2D eigenvalue weighted by Gasteiger charge is 2.18. The Labute approximate surface area is 150 Å². The van der Waals surface area contributed by atoms with Crippen LogP contribution in [0.1, 0.15) is 24.0 Å². The van der Waals surface area contributed by atoms with Gasteiger partial charge in [0.1, 0.15) is 6.61 Å². The Morgan fingerprint density at radius 1 is 1.08 bits per heavy atom. The third-order valence-electron chi connectivity index (χ3n) is 4.79. The molecule has 0 saturated carbocycles. The molecule has 0 aromatic heterocycles. The summed E-state index contributed by atoms with van der Waals surface area (Å²) < 4.78 is 11.5. The summed E-state index contributed by atoms with van der Waals surface area (Å²) in [6.45, 7) is 3.75. The maximum absolute atomic E-state index is 6.03. The lowest BCUT2D eigenvalue weighted by molar-refractivity contribution is 0.187.